The first-order valence-corrected chi connectivity index (χ1v) is 11.4. The van der Waals surface area contributed by atoms with E-state index in [9.17, 15) is 17.6 Å². The number of carbonyl (C=O) groups is 1. The van der Waals surface area contributed by atoms with E-state index in [2.05, 4.69) is 0 Å². The molecular formula is C22H27FN2O5S. The topological polar surface area (TPSA) is 76.2 Å². The third-order valence-electron chi connectivity index (χ3n) is 5.47. The van der Waals surface area contributed by atoms with Crippen LogP contribution in [0.4, 0.5) is 4.39 Å². The first-order valence-electron chi connectivity index (χ1n) is 9.98. The van der Waals surface area contributed by atoms with Crippen LogP contribution in [0, 0.1) is 11.7 Å². The lowest BCUT2D eigenvalue weighted by molar-refractivity contribution is -0.135. The number of methoxy groups -OCH3 is 2. The molecule has 0 bridgehead atoms. The number of ether oxygens (including phenoxy) is 2. The zero-order valence-corrected chi connectivity index (χ0v) is 18.7. The number of nitrogens with zero attached hydrogens (tertiary/aromatic N) is 2. The zero-order valence-electron chi connectivity index (χ0n) is 17.9. The summed E-state index contributed by atoms with van der Waals surface area (Å²) in [4.78, 5) is 14.5. The summed E-state index contributed by atoms with van der Waals surface area (Å²) < 4.78 is 52.0. The van der Waals surface area contributed by atoms with Gasteiger partial charge in [0.25, 0.3) is 0 Å². The molecule has 2 aromatic carbocycles. The molecule has 0 saturated carbocycles. The van der Waals surface area contributed by atoms with Crippen LogP contribution in [0.25, 0.3) is 0 Å². The highest BCUT2D eigenvalue weighted by Crippen LogP contribution is 2.32. The van der Waals surface area contributed by atoms with Crippen LogP contribution in [0.5, 0.6) is 11.5 Å². The van der Waals surface area contributed by atoms with Gasteiger partial charge in [-0.1, -0.05) is 18.2 Å². The monoisotopic (exact) mass is 450 g/mol. The second kappa shape index (κ2) is 9.65. The fraction of sp³-hybridized carbons (Fsp3) is 0.409. The number of sulfonamides is 1. The van der Waals surface area contributed by atoms with Gasteiger partial charge in [-0.15, -0.1) is 0 Å². The van der Waals surface area contributed by atoms with Crippen molar-refractivity contribution in [2.75, 3.05) is 34.4 Å². The smallest absolute Gasteiger partial charge is 0.243 e. The molecule has 1 aliphatic rings. The van der Waals surface area contributed by atoms with Gasteiger partial charge in [-0.25, -0.2) is 12.8 Å². The first kappa shape index (κ1) is 23.0. The van der Waals surface area contributed by atoms with Gasteiger partial charge in [0.15, 0.2) is 11.5 Å². The van der Waals surface area contributed by atoms with Crippen LogP contribution in [-0.4, -0.2) is 57.9 Å². The summed E-state index contributed by atoms with van der Waals surface area (Å²) in [5.41, 5.74) is 0.420. The van der Waals surface area contributed by atoms with Crippen LogP contribution in [-0.2, 0) is 21.4 Å². The molecule has 0 aliphatic carbocycles. The van der Waals surface area contributed by atoms with Crippen LogP contribution >= 0.6 is 0 Å². The van der Waals surface area contributed by atoms with E-state index in [1.807, 2.05) is 0 Å². The normalized spacial score (nSPS) is 17.2. The predicted molar refractivity (Wildman–Crippen MR) is 114 cm³/mol. The number of halogens is 1. The number of amides is 1. The molecule has 0 unspecified atom stereocenters. The molecule has 1 saturated heterocycles. The second-order valence-corrected chi connectivity index (χ2v) is 9.44. The molecule has 9 heteroatoms. The highest BCUT2D eigenvalue weighted by molar-refractivity contribution is 7.89. The third kappa shape index (κ3) is 4.99. The summed E-state index contributed by atoms with van der Waals surface area (Å²) in [7, 11) is 0.714. The summed E-state index contributed by atoms with van der Waals surface area (Å²) in [5.74, 6) is -0.305. The van der Waals surface area contributed by atoms with Crippen molar-refractivity contribution in [1.82, 2.24) is 9.21 Å². The standard InChI is InChI=1S/C22H27FN2O5S/c1-24(14-16-7-4-5-9-19(16)23)22(26)17-8-6-12-25(15-17)31(27,28)18-10-11-20(29-2)21(13-18)30-3/h4-5,7,9-11,13,17H,6,8,12,14-15H2,1-3H3/t17-/m0/s1. The maximum atomic E-state index is 13.9. The molecule has 168 valence electrons. The van der Waals surface area contributed by atoms with Crippen LogP contribution in [0.15, 0.2) is 47.4 Å². The summed E-state index contributed by atoms with van der Waals surface area (Å²) in [6.45, 7) is 0.541. The number of benzene rings is 2. The van der Waals surface area contributed by atoms with E-state index in [0.717, 1.165) is 0 Å². The molecule has 0 aromatic heterocycles. The molecule has 0 radical (unpaired) electrons. The van der Waals surface area contributed by atoms with Crippen molar-refractivity contribution >= 4 is 15.9 Å². The Morgan fingerprint density at radius 1 is 1.16 bits per heavy atom. The van der Waals surface area contributed by atoms with Crippen molar-refractivity contribution in [2.24, 2.45) is 5.92 Å². The van der Waals surface area contributed by atoms with Gasteiger partial charge in [0.2, 0.25) is 15.9 Å². The second-order valence-electron chi connectivity index (χ2n) is 7.50. The minimum absolute atomic E-state index is 0.0805. The minimum Gasteiger partial charge on any atom is -0.493 e. The van der Waals surface area contributed by atoms with E-state index < -0.39 is 15.9 Å². The van der Waals surface area contributed by atoms with E-state index in [1.54, 1.807) is 31.3 Å². The van der Waals surface area contributed by atoms with Gasteiger partial charge in [-0.3, -0.25) is 4.79 Å². The molecule has 0 spiro atoms. The van der Waals surface area contributed by atoms with Gasteiger partial charge in [-0.2, -0.15) is 4.31 Å². The number of hydrogen-bond donors (Lipinski definition) is 0. The lowest BCUT2D eigenvalue weighted by Gasteiger charge is -2.33. The summed E-state index contributed by atoms with van der Waals surface area (Å²) in [6, 6.07) is 10.7. The van der Waals surface area contributed by atoms with E-state index in [0.29, 0.717) is 36.4 Å². The van der Waals surface area contributed by atoms with Crippen LogP contribution in [0.1, 0.15) is 18.4 Å². The predicted octanol–water partition coefficient (Wildman–Crippen LogP) is 2.90. The highest BCUT2D eigenvalue weighted by Gasteiger charge is 2.35. The number of rotatable bonds is 7. The Bertz CT molecular complexity index is 1040. The van der Waals surface area contributed by atoms with Crippen LogP contribution in [0.3, 0.4) is 0 Å². The van der Waals surface area contributed by atoms with E-state index in [-0.39, 0.29) is 29.7 Å². The Hall–Kier alpha value is -2.65. The molecule has 1 atom stereocenters. The molecule has 1 amide bonds. The Morgan fingerprint density at radius 2 is 1.87 bits per heavy atom. The van der Waals surface area contributed by atoms with Gasteiger partial charge < -0.3 is 14.4 Å². The van der Waals surface area contributed by atoms with Gasteiger partial charge >= 0.3 is 0 Å². The van der Waals surface area contributed by atoms with E-state index in [1.165, 1.54) is 41.6 Å². The number of hydrogen-bond acceptors (Lipinski definition) is 5. The Balaban J connectivity index is 1.74. The lowest BCUT2D eigenvalue weighted by Crippen LogP contribution is -2.45. The highest BCUT2D eigenvalue weighted by atomic mass is 32.2. The molecule has 0 N–H and O–H groups in total. The summed E-state index contributed by atoms with van der Waals surface area (Å²) in [6.07, 6.45) is 1.15. The molecule has 2 aromatic rings. The van der Waals surface area contributed by atoms with Gasteiger partial charge in [0.05, 0.1) is 25.0 Å². The zero-order chi connectivity index (χ0) is 22.6. The number of piperidine rings is 1. The maximum absolute atomic E-state index is 13.9. The summed E-state index contributed by atoms with van der Waals surface area (Å²) in [5, 5.41) is 0. The van der Waals surface area contributed by atoms with Crippen molar-refractivity contribution in [1.29, 1.82) is 0 Å². The van der Waals surface area contributed by atoms with Crippen molar-refractivity contribution < 1.29 is 27.1 Å². The van der Waals surface area contributed by atoms with Crippen molar-refractivity contribution in [3.05, 3.63) is 53.8 Å². The fourth-order valence-electron chi connectivity index (χ4n) is 3.76. The van der Waals surface area contributed by atoms with E-state index >= 15 is 0 Å². The van der Waals surface area contributed by atoms with Gasteiger partial charge in [-0.05, 0) is 31.0 Å². The largest absolute Gasteiger partial charge is 0.493 e. The quantitative estimate of drug-likeness (QED) is 0.648. The summed E-state index contributed by atoms with van der Waals surface area (Å²) >= 11 is 0. The van der Waals surface area contributed by atoms with Crippen molar-refractivity contribution in [2.45, 2.75) is 24.3 Å². The van der Waals surface area contributed by atoms with Crippen molar-refractivity contribution in [3.63, 3.8) is 0 Å². The number of carbonyl (C=O) groups excluding carboxylic acids is 1. The fourth-order valence-corrected chi connectivity index (χ4v) is 5.30. The minimum atomic E-state index is -3.81. The molecule has 7 nitrogen and oxygen atoms in total. The maximum Gasteiger partial charge on any atom is 0.243 e. The molecular weight excluding hydrogens is 423 g/mol. The molecule has 3 rings (SSSR count). The lowest BCUT2D eigenvalue weighted by atomic mass is 9.98. The van der Waals surface area contributed by atoms with E-state index in [4.69, 9.17) is 9.47 Å². The molecule has 1 fully saturated rings. The average Bonchev–Trinajstić information content (AvgIpc) is 2.79. The third-order valence-corrected chi connectivity index (χ3v) is 7.33. The first-order chi connectivity index (χ1) is 14.8. The molecule has 1 aliphatic heterocycles. The Labute approximate surface area is 182 Å². The SMILES string of the molecule is COc1ccc(S(=O)(=O)N2CCC[C@H](C(=O)N(C)Cc3ccccc3F)C2)cc1OC. The molecule has 31 heavy (non-hydrogen) atoms. The Morgan fingerprint density at radius 3 is 2.55 bits per heavy atom. The molecule has 1 heterocycles. The van der Waals surface area contributed by atoms with Crippen molar-refractivity contribution in [3.8, 4) is 11.5 Å². The van der Waals surface area contributed by atoms with Crippen LogP contribution in [0.2, 0.25) is 0 Å². The van der Waals surface area contributed by atoms with Gasteiger partial charge in [0, 0.05) is 38.3 Å². The van der Waals surface area contributed by atoms with Gasteiger partial charge in [0.1, 0.15) is 5.82 Å². The average molecular weight is 451 g/mol. The van der Waals surface area contributed by atoms with Crippen LogP contribution < -0.4 is 9.47 Å². The Kier molecular flexibility index (Phi) is 7.17.